The van der Waals surface area contributed by atoms with E-state index in [1.807, 2.05) is 29.7 Å². The SMILES string of the molecule is CCn1c(=N)c(-c2ccc3ccccc3c2)cc2cn[c]nc21. The minimum absolute atomic E-state index is 0.461. The van der Waals surface area contributed by atoms with Gasteiger partial charge in [0.25, 0.3) is 0 Å². The highest BCUT2D eigenvalue weighted by Gasteiger charge is 2.09. The average molecular weight is 299 g/mol. The number of hydrogen-bond acceptors (Lipinski definition) is 3. The maximum atomic E-state index is 8.56. The number of pyridine rings is 1. The molecule has 4 heteroatoms. The number of nitrogens with zero attached hydrogens (tertiary/aromatic N) is 3. The van der Waals surface area contributed by atoms with Gasteiger partial charge in [0.05, 0.1) is 0 Å². The second kappa shape index (κ2) is 5.32. The maximum absolute atomic E-state index is 8.56. The van der Waals surface area contributed by atoms with Crippen LogP contribution >= 0.6 is 0 Å². The molecular formula is C19H15N4. The molecule has 2 heterocycles. The van der Waals surface area contributed by atoms with Crippen molar-refractivity contribution in [2.24, 2.45) is 0 Å². The average Bonchev–Trinajstić information content (AvgIpc) is 2.61. The molecule has 2 aromatic carbocycles. The van der Waals surface area contributed by atoms with E-state index < -0.39 is 0 Å². The number of fused-ring (bicyclic) bond motifs is 2. The van der Waals surface area contributed by atoms with Gasteiger partial charge in [-0.2, -0.15) is 0 Å². The van der Waals surface area contributed by atoms with Crippen LogP contribution in [-0.2, 0) is 6.54 Å². The van der Waals surface area contributed by atoms with Crippen LogP contribution in [0.1, 0.15) is 6.92 Å². The molecule has 0 saturated heterocycles. The van der Waals surface area contributed by atoms with E-state index in [0.717, 1.165) is 22.2 Å². The fourth-order valence-electron chi connectivity index (χ4n) is 2.97. The van der Waals surface area contributed by atoms with Gasteiger partial charge >= 0.3 is 0 Å². The van der Waals surface area contributed by atoms with E-state index >= 15 is 0 Å². The Morgan fingerprint density at radius 2 is 1.87 bits per heavy atom. The summed E-state index contributed by atoms with van der Waals surface area (Å²) in [6.45, 7) is 2.70. The van der Waals surface area contributed by atoms with Crippen molar-refractivity contribution in [1.82, 2.24) is 14.5 Å². The molecule has 0 fully saturated rings. The predicted octanol–water partition coefficient (Wildman–Crippen LogP) is 3.55. The molecule has 0 unspecified atom stereocenters. The van der Waals surface area contributed by atoms with E-state index in [1.54, 1.807) is 6.20 Å². The van der Waals surface area contributed by atoms with E-state index in [0.29, 0.717) is 12.0 Å². The van der Waals surface area contributed by atoms with Gasteiger partial charge in [-0.15, -0.1) is 0 Å². The van der Waals surface area contributed by atoms with Crippen LogP contribution in [-0.4, -0.2) is 14.5 Å². The van der Waals surface area contributed by atoms with Crippen molar-refractivity contribution >= 4 is 21.8 Å². The third kappa shape index (κ3) is 2.19. The fraction of sp³-hybridized carbons (Fsp3) is 0.105. The van der Waals surface area contributed by atoms with E-state index in [-0.39, 0.29) is 0 Å². The van der Waals surface area contributed by atoms with Crippen LogP contribution in [0.15, 0.2) is 54.7 Å². The summed E-state index contributed by atoms with van der Waals surface area (Å²) in [7, 11) is 0. The lowest BCUT2D eigenvalue weighted by atomic mass is 10.0. The first-order chi connectivity index (χ1) is 11.3. The summed E-state index contributed by atoms with van der Waals surface area (Å²) in [5.74, 6) is 0. The summed E-state index contributed by atoms with van der Waals surface area (Å²) < 4.78 is 1.89. The number of benzene rings is 2. The van der Waals surface area contributed by atoms with Gasteiger partial charge in [0.2, 0.25) is 0 Å². The van der Waals surface area contributed by atoms with E-state index in [1.165, 1.54) is 10.8 Å². The van der Waals surface area contributed by atoms with Gasteiger partial charge in [-0.1, -0.05) is 36.4 Å². The summed E-state index contributed by atoms with van der Waals surface area (Å²) in [6.07, 6.45) is 4.37. The van der Waals surface area contributed by atoms with Crippen molar-refractivity contribution in [3.05, 3.63) is 66.5 Å². The molecule has 23 heavy (non-hydrogen) atoms. The third-order valence-electron chi connectivity index (χ3n) is 4.13. The monoisotopic (exact) mass is 299 g/mol. The highest BCUT2D eigenvalue weighted by molar-refractivity contribution is 5.88. The number of rotatable bonds is 2. The lowest BCUT2D eigenvalue weighted by Gasteiger charge is -2.12. The molecule has 4 rings (SSSR count). The van der Waals surface area contributed by atoms with Crippen molar-refractivity contribution in [2.45, 2.75) is 13.5 Å². The highest BCUT2D eigenvalue weighted by Crippen LogP contribution is 2.24. The van der Waals surface area contributed by atoms with Crippen LogP contribution in [0.25, 0.3) is 32.9 Å². The van der Waals surface area contributed by atoms with Gasteiger partial charge in [0.15, 0.2) is 6.33 Å². The van der Waals surface area contributed by atoms with Crippen LogP contribution in [0.4, 0.5) is 0 Å². The Hall–Kier alpha value is -3.01. The first kappa shape index (κ1) is 13.6. The topological polar surface area (TPSA) is 54.6 Å². The molecule has 1 N–H and O–H groups in total. The first-order valence-electron chi connectivity index (χ1n) is 7.58. The van der Waals surface area contributed by atoms with Crippen molar-refractivity contribution in [2.75, 3.05) is 0 Å². The third-order valence-corrected chi connectivity index (χ3v) is 4.13. The summed E-state index contributed by atoms with van der Waals surface area (Å²) in [5.41, 5.74) is 3.13. The Labute approximate surface area is 133 Å². The molecule has 0 spiro atoms. The van der Waals surface area contributed by atoms with Crippen molar-refractivity contribution < 1.29 is 0 Å². The van der Waals surface area contributed by atoms with E-state index in [2.05, 4.69) is 46.6 Å². The van der Waals surface area contributed by atoms with Crippen LogP contribution in [0.5, 0.6) is 0 Å². The molecule has 0 saturated carbocycles. The second-order valence-corrected chi connectivity index (χ2v) is 5.46. The van der Waals surface area contributed by atoms with Crippen LogP contribution in [0.3, 0.4) is 0 Å². The minimum atomic E-state index is 0.461. The molecular weight excluding hydrogens is 284 g/mol. The lowest BCUT2D eigenvalue weighted by Crippen LogP contribution is -2.22. The van der Waals surface area contributed by atoms with Gasteiger partial charge in [0, 0.05) is 23.7 Å². The van der Waals surface area contributed by atoms with Crippen LogP contribution in [0.2, 0.25) is 0 Å². The molecule has 0 aliphatic carbocycles. The zero-order valence-electron chi connectivity index (χ0n) is 12.7. The number of hydrogen-bond donors (Lipinski definition) is 1. The van der Waals surface area contributed by atoms with Crippen LogP contribution in [0, 0.1) is 11.7 Å². The second-order valence-electron chi connectivity index (χ2n) is 5.46. The van der Waals surface area contributed by atoms with Gasteiger partial charge in [0.1, 0.15) is 11.1 Å². The molecule has 0 amide bonds. The molecule has 0 bridgehead atoms. The first-order valence-corrected chi connectivity index (χ1v) is 7.58. The molecule has 0 aliphatic heterocycles. The van der Waals surface area contributed by atoms with Crippen LogP contribution < -0.4 is 5.49 Å². The van der Waals surface area contributed by atoms with Gasteiger partial charge in [-0.3, -0.25) is 5.41 Å². The molecule has 0 aliphatic rings. The summed E-state index contributed by atoms with van der Waals surface area (Å²) in [4.78, 5) is 8.20. The molecule has 2 aromatic heterocycles. The van der Waals surface area contributed by atoms with Gasteiger partial charge in [-0.05, 0) is 35.4 Å². The summed E-state index contributed by atoms with van der Waals surface area (Å²) in [5, 5.41) is 11.9. The Morgan fingerprint density at radius 3 is 2.70 bits per heavy atom. The number of nitrogens with one attached hydrogen (secondary N) is 1. The van der Waals surface area contributed by atoms with Gasteiger partial charge in [-0.25, -0.2) is 9.97 Å². The van der Waals surface area contributed by atoms with Gasteiger partial charge < -0.3 is 4.57 Å². The van der Waals surface area contributed by atoms with Crippen molar-refractivity contribution in [3.8, 4) is 11.1 Å². The Kier molecular flexibility index (Phi) is 3.15. The minimum Gasteiger partial charge on any atom is -0.311 e. The van der Waals surface area contributed by atoms with Crippen molar-refractivity contribution in [1.29, 1.82) is 5.41 Å². The predicted molar refractivity (Wildman–Crippen MR) is 90.8 cm³/mol. The molecule has 4 aromatic rings. The molecule has 4 nitrogen and oxygen atoms in total. The highest BCUT2D eigenvalue weighted by atomic mass is 15.1. The Morgan fingerprint density at radius 1 is 1.04 bits per heavy atom. The normalized spacial score (nSPS) is 11.2. The largest absolute Gasteiger partial charge is 0.311 e. The zero-order valence-corrected chi connectivity index (χ0v) is 12.7. The molecule has 1 radical (unpaired) electrons. The Balaban J connectivity index is 2.03. The van der Waals surface area contributed by atoms with E-state index in [4.69, 9.17) is 5.41 Å². The molecule has 0 atom stereocenters. The van der Waals surface area contributed by atoms with Crippen molar-refractivity contribution in [3.63, 3.8) is 0 Å². The molecule has 111 valence electrons. The lowest BCUT2D eigenvalue weighted by molar-refractivity contribution is 0.725. The maximum Gasteiger partial charge on any atom is 0.199 e. The quantitative estimate of drug-likeness (QED) is 0.615. The zero-order chi connectivity index (χ0) is 15.8. The standard InChI is InChI=1S/C19H15N4/c1-2-23-18(20)17(10-16-11-21-12-22-19(16)23)15-8-7-13-5-3-4-6-14(13)9-15/h3-11,20H,2H2,1H3. The van der Waals surface area contributed by atoms with E-state index in [9.17, 15) is 0 Å². The smallest absolute Gasteiger partial charge is 0.199 e. The number of aryl methyl sites for hydroxylation is 1. The summed E-state index contributed by atoms with van der Waals surface area (Å²) >= 11 is 0. The Bertz CT molecular complexity index is 1080. The fourth-order valence-corrected chi connectivity index (χ4v) is 2.97. The summed E-state index contributed by atoms with van der Waals surface area (Å²) in [6, 6.07) is 16.5. The number of aromatic nitrogens is 3.